The van der Waals surface area contributed by atoms with Crippen LogP contribution in [0.5, 0.6) is 0 Å². The molecular weight excluding hydrogens is 144 g/mol. The van der Waals surface area contributed by atoms with Crippen molar-refractivity contribution in [3.63, 3.8) is 0 Å². The van der Waals surface area contributed by atoms with Crippen LogP contribution >= 0.6 is 11.8 Å². The summed E-state index contributed by atoms with van der Waals surface area (Å²) in [5, 5.41) is 11.2. The molecule has 10 heavy (non-hydrogen) atoms. The van der Waals surface area contributed by atoms with E-state index >= 15 is 0 Å². The quantitative estimate of drug-likeness (QED) is 0.542. The second-order valence-corrected chi connectivity index (χ2v) is 4.87. The molecule has 1 aliphatic heterocycles. The van der Waals surface area contributed by atoms with E-state index in [9.17, 15) is 5.11 Å². The third kappa shape index (κ3) is 1.48. The molecule has 0 bridgehead atoms. The first kappa shape index (κ1) is 6.99. The van der Waals surface area contributed by atoms with E-state index in [0.29, 0.717) is 0 Å². The molecule has 1 saturated heterocycles. The second-order valence-electron chi connectivity index (χ2n) is 3.39. The first-order chi connectivity index (χ1) is 4.86. The van der Waals surface area contributed by atoms with Gasteiger partial charge in [-0.2, -0.15) is 11.8 Å². The maximum Gasteiger partial charge on any atom is 0.0551 e. The Balaban J connectivity index is 1.85. The average Bonchev–Trinajstić information content (AvgIpc) is 2.54. The largest absolute Gasteiger partial charge is 0.393 e. The summed E-state index contributed by atoms with van der Waals surface area (Å²) < 4.78 is 0. The summed E-state index contributed by atoms with van der Waals surface area (Å²) >= 11 is 2.07. The van der Waals surface area contributed by atoms with Crippen molar-refractivity contribution in [2.75, 3.05) is 0 Å². The van der Waals surface area contributed by atoms with Crippen LogP contribution in [0.15, 0.2) is 0 Å². The smallest absolute Gasteiger partial charge is 0.0551 e. The molecule has 1 N–H and O–H groups in total. The fourth-order valence-electron chi connectivity index (χ4n) is 1.75. The normalized spacial score (nSPS) is 47.1. The highest BCUT2D eigenvalue weighted by atomic mass is 32.2. The number of rotatable bonds is 0. The van der Waals surface area contributed by atoms with Crippen molar-refractivity contribution in [3.05, 3.63) is 0 Å². The number of hydrogen-bond acceptors (Lipinski definition) is 2. The van der Waals surface area contributed by atoms with Crippen LogP contribution in [0.2, 0.25) is 0 Å². The van der Waals surface area contributed by atoms with Crippen LogP contribution in [0, 0.1) is 0 Å². The summed E-state index contributed by atoms with van der Waals surface area (Å²) in [7, 11) is 0. The highest BCUT2D eigenvalue weighted by Gasteiger charge is 2.39. The maximum absolute atomic E-state index is 9.40. The van der Waals surface area contributed by atoms with Crippen LogP contribution in [-0.2, 0) is 0 Å². The molecule has 0 amide bonds. The van der Waals surface area contributed by atoms with Gasteiger partial charge in [0, 0.05) is 10.5 Å². The van der Waals surface area contributed by atoms with E-state index in [4.69, 9.17) is 0 Å². The van der Waals surface area contributed by atoms with E-state index < -0.39 is 0 Å². The van der Waals surface area contributed by atoms with Crippen LogP contribution < -0.4 is 0 Å². The van der Waals surface area contributed by atoms with Crippen molar-refractivity contribution in [2.45, 2.75) is 48.7 Å². The molecule has 0 unspecified atom stereocenters. The number of thioether (sulfide) groups is 1. The molecule has 0 radical (unpaired) electrons. The monoisotopic (exact) mass is 158 g/mol. The van der Waals surface area contributed by atoms with Gasteiger partial charge in [-0.25, -0.2) is 0 Å². The Labute approximate surface area is 66.2 Å². The maximum atomic E-state index is 9.40. The molecule has 2 fully saturated rings. The van der Waals surface area contributed by atoms with Gasteiger partial charge in [0.1, 0.15) is 0 Å². The topological polar surface area (TPSA) is 20.2 Å². The highest BCUT2D eigenvalue weighted by Crippen LogP contribution is 2.48. The minimum atomic E-state index is 0.0165. The fraction of sp³-hybridized carbons (Fsp3) is 1.00. The Morgan fingerprint density at radius 1 is 1.10 bits per heavy atom. The van der Waals surface area contributed by atoms with Gasteiger partial charge in [-0.15, -0.1) is 0 Å². The minimum absolute atomic E-state index is 0.0165. The van der Waals surface area contributed by atoms with Crippen LogP contribution in [-0.4, -0.2) is 21.7 Å². The van der Waals surface area contributed by atoms with Crippen molar-refractivity contribution in [1.29, 1.82) is 0 Å². The van der Waals surface area contributed by atoms with Crippen LogP contribution in [0.1, 0.15) is 32.1 Å². The van der Waals surface area contributed by atoms with Gasteiger partial charge in [0.05, 0.1) is 6.10 Å². The van der Waals surface area contributed by atoms with E-state index in [1.54, 1.807) is 0 Å². The SMILES string of the molecule is O[C@H]1CCCC[C@H]2S[C@H]2C1. The van der Waals surface area contributed by atoms with Gasteiger partial charge in [0.25, 0.3) is 0 Å². The van der Waals surface area contributed by atoms with Gasteiger partial charge in [-0.1, -0.05) is 12.8 Å². The fourth-order valence-corrected chi connectivity index (χ4v) is 2.99. The Kier molecular flexibility index (Phi) is 1.92. The lowest BCUT2D eigenvalue weighted by atomic mass is 9.99. The van der Waals surface area contributed by atoms with Gasteiger partial charge in [-0.3, -0.25) is 0 Å². The summed E-state index contributed by atoms with van der Waals surface area (Å²) in [6.07, 6.45) is 6.11. The third-order valence-corrected chi connectivity index (χ3v) is 3.94. The summed E-state index contributed by atoms with van der Waals surface area (Å²) in [4.78, 5) is 0. The summed E-state index contributed by atoms with van der Waals surface area (Å²) in [6, 6.07) is 0. The zero-order chi connectivity index (χ0) is 6.97. The number of fused-ring (bicyclic) bond motifs is 1. The van der Waals surface area contributed by atoms with Crippen LogP contribution in [0.3, 0.4) is 0 Å². The molecule has 0 spiro atoms. The summed E-state index contributed by atoms with van der Waals surface area (Å²) in [5.41, 5.74) is 0. The standard InChI is InChI=1S/C8H14OS/c9-6-3-1-2-4-7-8(5-6)10-7/h6-9H,1-5H2/t6-,7+,8-/m0/s1. The summed E-state index contributed by atoms with van der Waals surface area (Å²) in [6.45, 7) is 0. The van der Waals surface area contributed by atoms with Crippen LogP contribution in [0.25, 0.3) is 0 Å². The Morgan fingerprint density at radius 3 is 2.80 bits per heavy atom. The molecular formula is C8H14OS. The Bertz CT molecular complexity index is 126. The zero-order valence-corrected chi connectivity index (χ0v) is 6.94. The lowest BCUT2D eigenvalue weighted by molar-refractivity contribution is 0.148. The summed E-state index contributed by atoms with van der Waals surface area (Å²) in [5.74, 6) is 0. The Hall–Kier alpha value is 0.310. The average molecular weight is 158 g/mol. The predicted molar refractivity (Wildman–Crippen MR) is 44.3 cm³/mol. The number of aliphatic hydroxyl groups is 1. The lowest BCUT2D eigenvalue weighted by Gasteiger charge is -2.11. The zero-order valence-electron chi connectivity index (χ0n) is 6.12. The van der Waals surface area contributed by atoms with Crippen molar-refractivity contribution >= 4 is 11.8 Å². The van der Waals surface area contributed by atoms with Gasteiger partial charge >= 0.3 is 0 Å². The van der Waals surface area contributed by atoms with Crippen molar-refractivity contribution in [3.8, 4) is 0 Å². The molecule has 2 heteroatoms. The van der Waals surface area contributed by atoms with E-state index in [-0.39, 0.29) is 6.10 Å². The molecule has 3 atom stereocenters. The predicted octanol–water partition coefficient (Wildman–Crippen LogP) is 1.80. The van der Waals surface area contributed by atoms with E-state index in [1.807, 2.05) is 0 Å². The first-order valence-electron chi connectivity index (χ1n) is 4.20. The highest BCUT2D eigenvalue weighted by molar-refractivity contribution is 8.07. The van der Waals surface area contributed by atoms with Gasteiger partial charge in [0.15, 0.2) is 0 Å². The van der Waals surface area contributed by atoms with Crippen LogP contribution in [0.4, 0.5) is 0 Å². The molecule has 0 aromatic rings. The van der Waals surface area contributed by atoms with E-state index in [2.05, 4.69) is 11.8 Å². The lowest BCUT2D eigenvalue weighted by Crippen LogP contribution is -2.13. The van der Waals surface area contributed by atoms with Gasteiger partial charge < -0.3 is 5.11 Å². The number of hydrogen-bond donors (Lipinski definition) is 1. The molecule has 1 aliphatic carbocycles. The third-order valence-electron chi connectivity index (χ3n) is 2.47. The number of aliphatic hydroxyl groups excluding tert-OH is 1. The molecule has 1 nitrogen and oxygen atoms in total. The Morgan fingerprint density at radius 2 is 1.90 bits per heavy atom. The van der Waals surface area contributed by atoms with Gasteiger partial charge in [-0.05, 0) is 19.3 Å². The minimum Gasteiger partial charge on any atom is -0.393 e. The molecule has 0 aromatic carbocycles. The van der Waals surface area contributed by atoms with Crippen molar-refractivity contribution in [2.24, 2.45) is 0 Å². The van der Waals surface area contributed by atoms with Crippen molar-refractivity contribution in [1.82, 2.24) is 0 Å². The molecule has 2 aliphatic rings. The second kappa shape index (κ2) is 2.74. The van der Waals surface area contributed by atoms with E-state index in [0.717, 1.165) is 23.3 Å². The molecule has 1 saturated carbocycles. The van der Waals surface area contributed by atoms with Gasteiger partial charge in [0.2, 0.25) is 0 Å². The molecule has 0 aromatic heterocycles. The molecule has 1 heterocycles. The molecule has 58 valence electrons. The van der Waals surface area contributed by atoms with Crippen molar-refractivity contribution < 1.29 is 5.11 Å². The first-order valence-corrected chi connectivity index (χ1v) is 5.14. The molecule has 2 rings (SSSR count). The van der Waals surface area contributed by atoms with E-state index in [1.165, 1.54) is 19.3 Å².